The summed E-state index contributed by atoms with van der Waals surface area (Å²) in [6.45, 7) is 15.2. The van der Waals surface area contributed by atoms with Crippen LogP contribution >= 0.6 is 0 Å². The van der Waals surface area contributed by atoms with Crippen LogP contribution in [0.4, 0.5) is 0 Å². The molecule has 8 heteroatoms. The second-order valence-electron chi connectivity index (χ2n) is 12.2. The van der Waals surface area contributed by atoms with Crippen LogP contribution in [-0.2, 0) is 4.79 Å². The lowest BCUT2D eigenvalue weighted by Crippen LogP contribution is -2.47. The van der Waals surface area contributed by atoms with Gasteiger partial charge in [0.05, 0.1) is 23.3 Å². The van der Waals surface area contributed by atoms with Crippen molar-refractivity contribution in [3.63, 3.8) is 0 Å². The Hall–Kier alpha value is -3.26. The monoisotopic (exact) mass is 515 g/mol. The molecule has 0 saturated heterocycles. The standard InChI is InChI=1S/C30H41N7O/c1-17(2)26-27(22-15-37-29(32-16-33-37)19(4)18(22)3)35-24-13-12-23(34-28(24)26)20-8-10-21(11-9-20)31-14-25(38)36-30(5,6)7/h12-13,15-17,20-21,31,35H,8-11,14H2,1-7H3,(H,36,38). The second kappa shape index (κ2) is 10.1. The van der Waals surface area contributed by atoms with Crippen molar-refractivity contribution >= 4 is 22.6 Å². The van der Waals surface area contributed by atoms with Crippen molar-refractivity contribution in [3.8, 4) is 11.3 Å². The lowest BCUT2D eigenvalue weighted by molar-refractivity contribution is -0.121. The summed E-state index contributed by atoms with van der Waals surface area (Å²) in [7, 11) is 0. The van der Waals surface area contributed by atoms with Gasteiger partial charge in [0.1, 0.15) is 6.33 Å². The van der Waals surface area contributed by atoms with Crippen molar-refractivity contribution < 1.29 is 4.79 Å². The van der Waals surface area contributed by atoms with Crippen LogP contribution in [-0.4, -0.2) is 48.6 Å². The second-order valence-corrected chi connectivity index (χ2v) is 12.2. The molecule has 1 fully saturated rings. The van der Waals surface area contributed by atoms with E-state index in [1.165, 1.54) is 16.8 Å². The highest BCUT2D eigenvalue weighted by Gasteiger charge is 2.26. The fourth-order valence-corrected chi connectivity index (χ4v) is 5.85. The maximum atomic E-state index is 12.2. The van der Waals surface area contributed by atoms with Gasteiger partial charge in [-0.3, -0.25) is 9.78 Å². The molecule has 4 aromatic heterocycles. The van der Waals surface area contributed by atoms with Gasteiger partial charge in [-0.15, -0.1) is 0 Å². The van der Waals surface area contributed by atoms with E-state index in [1.807, 2.05) is 25.3 Å². The van der Waals surface area contributed by atoms with E-state index in [1.54, 1.807) is 6.33 Å². The summed E-state index contributed by atoms with van der Waals surface area (Å²) >= 11 is 0. The highest BCUT2D eigenvalue weighted by Crippen LogP contribution is 2.39. The normalized spacial score (nSPS) is 18.5. The highest BCUT2D eigenvalue weighted by atomic mass is 16.2. The van der Waals surface area contributed by atoms with E-state index in [-0.39, 0.29) is 11.4 Å². The minimum atomic E-state index is -0.200. The first kappa shape index (κ1) is 26.4. The lowest BCUT2D eigenvalue weighted by Gasteiger charge is -2.29. The molecule has 4 heterocycles. The number of nitrogens with zero attached hydrogens (tertiary/aromatic N) is 4. The summed E-state index contributed by atoms with van der Waals surface area (Å²) in [5.41, 5.74) is 9.89. The molecular weight excluding hydrogens is 474 g/mol. The van der Waals surface area contributed by atoms with Gasteiger partial charge in [-0.05, 0) is 89.5 Å². The molecule has 0 radical (unpaired) electrons. The smallest absolute Gasteiger partial charge is 0.234 e. The molecule has 0 aliphatic heterocycles. The Bertz CT molecular complexity index is 1470. The number of fused-ring (bicyclic) bond motifs is 2. The number of aromatic nitrogens is 5. The number of amides is 1. The fraction of sp³-hybridized carbons (Fsp3) is 0.533. The van der Waals surface area contributed by atoms with Gasteiger partial charge in [-0.1, -0.05) is 13.8 Å². The first-order valence-electron chi connectivity index (χ1n) is 13.9. The molecule has 4 aromatic rings. The molecule has 0 aromatic carbocycles. The molecule has 0 spiro atoms. The van der Waals surface area contributed by atoms with Gasteiger partial charge in [0.25, 0.3) is 0 Å². The molecule has 8 nitrogen and oxygen atoms in total. The Morgan fingerprint density at radius 3 is 2.55 bits per heavy atom. The van der Waals surface area contributed by atoms with Gasteiger partial charge in [-0.2, -0.15) is 5.10 Å². The zero-order valence-electron chi connectivity index (χ0n) is 23.8. The fourth-order valence-electron chi connectivity index (χ4n) is 5.85. The average Bonchev–Trinajstić information content (AvgIpc) is 3.48. The number of carbonyl (C=O) groups is 1. The van der Waals surface area contributed by atoms with E-state index < -0.39 is 0 Å². The Kier molecular flexibility index (Phi) is 7.03. The van der Waals surface area contributed by atoms with Gasteiger partial charge in [-0.25, -0.2) is 9.50 Å². The maximum absolute atomic E-state index is 12.2. The van der Waals surface area contributed by atoms with Crippen molar-refractivity contribution in [2.45, 2.75) is 97.6 Å². The molecular formula is C30H41N7O. The summed E-state index contributed by atoms with van der Waals surface area (Å²) in [5, 5.41) is 10.9. The number of aromatic amines is 1. The predicted molar refractivity (Wildman–Crippen MR) is 153 cm³/mol. The van der Waals surface area contributed by atoms with E-state index in [9.17, 15) is 4.79 Å². The van der Waals surface area contributed by atoms with Crippen molar-refractivity contribution in [1.29, 1.82) is 0 Å². The van der Waals surface area contributed by atoms with Gasteiger partial charge < -0.3 is 15.6 Å². The maximum Gasteiger partial charge on any atom is 0.234 e. The van der Waals surface area contributed by atoms with Gasteiger partial charge in [0.2, 0.25) is 5.91 Å². The Balaban J connectivity index is 1.37. The molecule has 38 heavy (non-hydrogen) atoms. The third-order valence-corrected chi connectivity index (χ3v) is 7.89. The predicted octanol–water partition coefficient (Wildman–Crippen LogP) is 5.54. The molecule has 1 aliphatic rings. The van der Waals surface area contributed by atoms with Crippen LogP contribution in [0, 0.1) is 13.8 Å². The van der Waals surface area contributed by atoms with Gasteiger partial charge in [0.15, 0.2) is 5.65 Å². The first-order chi connectivity index (χ1) is 18.0. The number of H-pyrrole nitrogens is 1. The third kappa shape index (κ3) is 5.19. The van der Waals surface area contributed by atoms with Gasteiger partial charge in [0, 0.05) is 40.5 Å². The number of hydrogen-bond donors (Lipinski definition) is 3. The molecule has 1 amide bonds. The molecule has 0 bridgehead atoms. The number of nitrogens with one attached hydrogen (secondary N) is 3. The number of pyridine rings is 2. The Morgan fingerprint density at radius 2 is 1.87 bits per heavy atom. The quantitative estimate of drug-likeness (QED) is 0.313. The van der Waals surface area contributed by atoms with E-state index in [4.69, 9.17) is 4.98 Å². The molecule has 1 aliphatic carbocycles. The molecule has 1 saturated carbocycles. The minimum absolute atomic E-state index is 0.0598. The van der Waals surface area contributed by atoms with Crippen LogP contribution in [0.2, 0.25) is 0 Å². The Labute approximate surface area is 225 Å². The van der Waals surface area contributed by atoms with Crippen LogP contribution < -0.4 is 10.6 Å². The first-order valence-corrected chi connectivity index (χ1v) is 13.9. The van der Waals surface area contributed by atoms with Crippen LogP contribution in [0.1, 0.15) is 94.5 Å². The van der Waals surface area contributed by atoms with Crippen molar-refractivity contribution in [2.75, 3.05) is 6.54 Å². The van der Waals surface area contributed by atoms with Crippen molar-refractivity contribution in [2.24, 2.45) is 0 Å². The van der Waals surface area contributed by atoms with E-state index >= 15 is 0 Å². The third-order valence-electron chi connectivity index (χ3n) is 7.89. The average molecular weight is 516 g/mol. The number of carbonyl (C=O) groups excluding carboxylic acids is 1. The molecule has 3 N–H and O–H groups in total. The number of hydrogen-bond acceptors (Lipinski definition) is 5. The van der Waals surface area contributed by atoms with E-state index in [0.717, 1.165) is 59.2 Å². The van der Waals surface area contributed by atoms with Crippen molar-refractivity contribution in [1.82, 2.24) is 35.2 Å². The summed E-state index contributed by atoms with van der Waals surface area (Å²) in [6, 6.07) is 4.77. The van der Waals surface area contributed by atoms with Crippen LogP contribution in [0.15, 0.2) is 24.7 Å². The minimum Gasteiger partial charge on any atom is -0.353 e. The molecule has 5 rings (SSSR count). The molecule has 0 unspecified atom stereocenters. The Morgan fingerprint density at radius 1 is 1.13 bits per heavy atom. The summed E-state index contributed by atoms with van der Waals surface area (Å²) < 4.78 is 1.87. The van der Waals surface area contributed by atoms with Crippen molar-refractivity contribution in [3.05, 3.63) is 47.0 Å². The summed E-state index contributed by atoms with van der Waals surface area (Å²) in [4.78, 5) is 25.6. The summed E-state index contributed by atoms with van der Waals surface area (Å²) in [6.07, 6.45) is 7.95. The summed E-state index contributed by atoms with van der Waals surface area (Å²) in [5.74, 6) is 0.811. The SMILES string of the molecule is Cc1c(-c2[nH]c3ccc(C4CCC(NCC(=O)NC(C)(C)C)CC4)nc3c2C(C)C)cn2ncnc2c1C. The topological polar surface area (TPSA) is 100 Å². The zero-order chi connectivity index (χ0) is 27.2. The van der Waals surface area contributed by atoms with E-state index in [2.05, 4.69) is 71.7 Å². The van der Waals surface area contributed by atoms with Crippen LogP contribution in [0.3, 0.4) is 0 Å². The number of rotatable bonds is 6. The highest BCUT2D eigenvalue weighted by molar-refractivity contribution is 5.89. The molecule has 202 valence electrons. The largest absolute Gasteiger partial charge is 0.353 e. The zero-order valence-corrected chi connectivity index (χ0v) is 23.8. The lowest BCUT2D eigenvalue weighted by atomic mass is 9.83. The van der Waals surface area contributed by atoms with Crippen LogP contribution in [0.5, 0.6) is 0 Å². The van der Waals surface area contributed by atoms with E-state index in [0.29, 0.717) is 24.4 Å². The van der Waals surface area contributed by atoms with Gasteiger partial charge >= 0.3 is 0 Å². The molecule has 0 atom stereocenters. The van der Waals surface area contributed by atoms with Crippen LogP contribution in [0.25, 0.3) is 27.9 Å². The number of aryl methyl sites for hydroxylation is 1.